The monoisotopic (exact) mass is 182 g/mol. The number of hydrogen-bond donors (Lipinski definition) is 2. The van der Waals surface area contributed by atoms with Crippen LogP contribution in [0.2, 0.25) is 0 Å². The van der Waals surface area contributed by atoms with E-state index < -0.39 is 0 Å². The Labute approximate surface area is 78.9 Å². The highest BCUT2D eigenvalue weighted by atomic mass is 15.2. The maximum atomic E-state index is 5.92. The number of H-pyrrole nitrogens is 1. The zero-order valence-electron chi connectivity index (χ0n) is 8.54. The normalized spacial score (nSPS) is 13.6. The summed E-state index contributed by atoms with van der Waals surface area (Å²) in [6, 6.07) is -0.0310. The van der Waals surface area contributed by atoms with E-state index in [1.165, 1.54) is 0 Å². The number of aromatic nitrogens is 3. The van der Waals surface area contributed by atoms with Gasteiger partial charge in [0, 0.05) is 6.42 Å². The summed E-state index contributed by atoms with van der Waals surface area (Å²) in [6.45, 7) is 6.33. The molecule has 0 aliphatic carbocycles. The van der Waals surface area contributed by atoms with Gasteiger partial charge in [-0.05, 0) is 12.3 Å². The third-order valence-electron chi connectivity index (χ3n) is 1.94. The molecule has 0 radical (unpaired) electrons. The number of nitrogens with one attached hydrogen (secondary N) is 1. The predicted molar refractivity (Wildman–Crippen MR) is 52.1 cm³/mol. The van der Waals surface area contributed by atoms with Crippen LogP contribution >= 0.6 is 0 Å². The van der Waals surface area contributed by atoms with Crippen molar-refractivity contribution in [3.63, 3.8) is 0 Å². The average molecular weight is 182 g/mol. The zero-order valence-corrected chi connectivity index (χ0v) is 8.54. The molecule has 0 fully saturated rings. The van der Waals surface area contributed by atoms with Gasteiger partial charge in [0.25, 0.3) is 0 Å². The van der Waals surface area contributed by atoms with Crippen molar-refractivity contribution in [1.82, 2.24) is 15.2 Å². The van der Waals surface area contributed by atoms with Crippen LogP contribution in [0.25, 0.3) is 0 Å². The molecule has 1 heterocycles. The van der Waals surface area contributed by atoms with Gasteiger partial charge in [0.1, 0.15) is 5.82 Å². The molecule has 74 valence electrons. The maximum absolute atomic E-state index is 5.92. The van der Waals surface area contributed by atoms with Crippen LogP contribution < -0.4 is 5.73 Å². The summed E-state index contributed by atoms with van der Waals surface area (Å²) >= 11 is 0. The number of aryl methyl sites for hydroxylation is 1. The van der Waals surface area contributed by atoms with Crippen molar-refractivity contribution in [2.24, 2.45) is 11.7 Å². The number of hydrogen-bond acceptors (Lipinski definition) is 3. The van der Waals surface area contributed by atoms with E-state index in [0.29, 0.717) is 5.92 Å². The molecule has 3 N–H and O–H groups in total. The standard InChI is InChI=1S/C9H18N4/c1-4-8-11-9(13-12-8)7(10)5-6(2)3/h6-7H,4-5,10H2,1-3H3,(H,11,12,13). The molecule has 4 nitrogen and oxygen atoms in total. The molecular formula is C9H18N4. The average Bonchev–Trinajstić information content (AvgIpc) is 2.50. The van der Waals surface area contributed by atoms with Gasteiger partial charge in [-0.25, -0.2) is 4.98 Å². The molecule has 13 heavy (non-hydrogen) atoms. The molecule has 0 amide bonds. The van der Waals surface area contributed by atoms with Gasteiger partial charge in [-0.1, -0.05) is 20.8 Å². The lowest BCUT2D eigenvalue weighted by molar-refractivity contribution is 0.494. The van der Waals surface area contributed by atoms with Crippen LogP contribution in [0.15, 0.2) is 0 Å². The van der Waals surface area contributed by atoms with Gasteiger partial charge in [0.05, 0.1) is 6.04 Å². The summed E-state index contributed by atoms with van der Waals surface area (Å²) in [4.78, 5) is 4.29. The summed E-state index contributed by atoms with van der Waals surface area (Å²) in [5.41, 5.74) is 5.92. The maximum Gasteiger partial charge on any atom is 0.167 e. The minimum atomic E-state index is -0.0310. The third kappa shape index (κ3) is 2.81. The van der Waals surface area contributed by atoms with E-state index in [1.807, 2.05) is 6.92 Å². The van der Waals surface area contributed by atoms with Crippen molar-refractivity contribution in [1.29, 1.82) is 0 Å². The van der Waals surface area contributed by atoms with E-state index in [9.17, 15) is 0 Å². The van der Waals surface area contributed by atoms with Crippen molar-refractivity contribution in [2.75, 3.05) is 0 Å². The molecule has 1 aromatic rings. The first-order valence-corrected chi connectivity index (χ1v) is 4.80. The van der Waals surface area contributed by atoms with Crippen molar-refractivity contribution in [3.8, 4) is 0 Å². The molecular weight excluding hydrogens is 164 g/mol. The van der Waals surface area contributed by atoms with Gasteiger partial charge in [-0.3, -0.25) is 5.10 Å². The first-order chi connectivity index (χ1) is 6.13. The Bertz CT molecular complexity index is 254. The molecule has 1 aromatic heterocycles. The highest BCUT2D eigenvalue weighted by molar-refractivity contribution is 4.95. The molecule has 1 atom stereocenters. The van der Waals surface area contributed by atoms with Crippen molar-refractivity contribution < 1.29 is 0 Å². The zero-order chi connectivity index (χ0) is 9.84. The Kier molecular flexibility index (Phi) is 3.42. The lowest BCUT2D eigenvalue weighted by Gasteiger charge is -2.09. The quantitative estimate of drug-likeness (QED) is 0.739. The van der Waals surface area contributed by atoms with Crippen molar-refractivity contribution in [3.05, 3.63) is 11.6 Å². The molecule has 0 saturated heterocycles. The largest absolute Gasteiger partial charge is 0.321 e. The van der Waals surface area contributed by atoms with Gasteiger partial charge in [0.2, 0.25) is 0 Å². The Morgan fingerprint density at radius 1 is 1.46 bits per heavy atom. The van der Waals surface area contributed by atoms with Crippen molar-refractivity contribution in [2.45, 2.75) is 39.7 Å². The fraction of sp³-hybridized carbons (Fsp3) is 0.778. The third-order valence-corrected chi connectivity index (χ3v) is 1.94. The molecule has 1 rings (SSSR count). The van der Waals surface area contributed by atoms with Gasteiger partial charge in [-0.15, -0.1) is 0 Å². The molecule has 0 spiro atoms. The second-order valence-electron chi connectivity index (χ2n) is 3.73. The predicted octanol–water partition coefficient (Wildman–Crippen LogP) is 1.41. The SMILES string of the molecule is CCc1nc(C(N)CC(C)C)n[nH]1. The second-order valence-corrected chi connectivity index (χ2v) is 3.73. The van der Waals surface area contributed by atoms with Gasteiger partial charge in [0.15, 0.2) is 5.82 Å². The first-order valence-electron chi connectivity index (χ1n) is 4.80. The van der Waals surface area contributed by atoms with Gasteiger partial charge < -0.3 is 5.73 Å². The van der Waals surface area contributed by atoms with Crippen molar-refractivity contribution >= 4 is 0 Å². The first kappa shape index (κ1) is 10.2. The molecule has 1 unspecified atom stereocenters. The minimum Gasteiger partial charge on any atom is -0.321 e. The summed E-state index contributed by atoms with van der Waals surface area (Å²) in [5.74, 6) is 2.23. The Morgan fingerprint density at radius 3 is 2.62 bits per heavy atom. The summed E-state index contributed by atoms with van der Waals surface area (Å²) in [5, 5.41) is 6.95. The van der Waals surface area contributed by atoms with Crippen LogP contribution in [0.3, 0.4) is 0 Å². The topological polar surface area (TPSA) is 67.6 Å². The fourth-order valence-corrected chi connectivity index (χ4v) is 1.25. The molecule has 0 saturated carbocycles. The highest BCUT2D eigenvalue weighted by Crippen LogP contribution is 2.14. The van der Waals surface area contributed by atoms with Gasteiger partial charge >= 0.3 is 0 Å². The van der Waals surface area contributed by atoms with Crippen LogP contribution in [0.4, 0.5) is 0 Å². The van der Waals surface area contributed by atoms with E-state index in [-0.39, 0.29) is 6.04 Å². The van der Waals surface area contributed by atoms with Crippen LogP contribution in [-0.2, 0) is 6.42 Å². The minimum absolute atomic E-state index is 0.0310. The summed E-state index contributed by atoms with van der Waals surface area (Å²) < 4.78 is 0. The molecule has 4 heteroatoms. The lowest BCUT2D eigenvalue weighted by atomic mass is 10.0. The summed E-state index contributed by atoms with van der Waals surface area (Å²) in [6.07, 6.45) is 1.81. The van der Waals surface area contributed by atoms with E-state index in [1.54, 1.807) is 0 Å². The number of nitrogens with two attached hydrogens (primary N) is 1. The highest BCUT2D eigenvalue weighted by Gasteiger charge is 2.12. The Hall–Kier alpha value is -0.900. The van der Waals surface area contributed by atoms with Gasteiger partial charge in [-0.2, -0.15) is 5.10 Å². The van der Waals surface area contributed by atoms with Crippen LogP contribution in [-0.4, -0.2) is 15.2 Å². The molecule has 0 aliphatic rings. The van der Waals surface area contributed by atoms with Crippen LogP contribution in [0, 0.1) is 5.92 Å². The van der Waals surface area contributed by atoms with E-state index in [2.05, 4.69) is 29.0 Å². The number of aromatic amines is 1. The van der Waals surface area contributed by atoms with Crippen LogP contribution in [0.1, 0.15) is 44.9 Å². The lowest BCUT2D eigenvalue weighted by Crippen LogP contribution is -2.14. The second kappa shape index (κ2) is 4.37. The van der Waals surface area contributed by atoms with E-state index in [4.69, 9.17) is 5.73 Å². The smallest absolute Gasteiger partial charge is 0.167 e. The number of rotatable bonds is 4. The molecule has 0 aromatic carbocycles. The molecule has 0 bridgehead atoms. The van der Waals surface area contributed by atoms with Crippen LogP contribution in [0.5, 0.6) is 0 Å². The van der Waals surface area contributed by atoms with E-state index in [0.717, 1.165) is 24.5 Å². The number of nitrogens with zero attached hydrogens (tertiary/aromatic N) is 2. The fourth-order valence-electron chi connectivity index (χ4n) is 1.25. The van der Waals surface area contributed by atoms with E-state index >= 15 is 0 Å². The Morgan fingerprint density at radius 2 is 2.15 bits per heavy atom. The Balaban J connectivity index is 2.60. The molecule has 0 aliphatic heterocycles. The summed E-state index contributed by atoms with van der Waals surface area (Å²) in [7, 11) is 0.